The van der Waals surface area contributed by atoms with Gasteiger partial charge in [0.05, 0.1) is 25.4 Å². The zero-order valence-corrected chi connectivity index (χ0v) is 50.5. The number of ether oxygens (including phenoxy) is 3. The van der Waals surface area contributed by atoms with Crippen molar-refractivity contribution in [3.63, 3.8) is 0 Å². The third-order valence-corrected chi connectivity index (χ3v) is 14.9. The Morgan fingerprint density at radius 1 is 0.519 bits per heavy atom. The average Bonchev–Trinajstić information content (AvgIpc) is 3.44. The number of hydrogen-bond acceptors (Lipinski definition) is 10. The maximum Gasteiger partial charge on any atom is 0.306 e. The monoisotopic (exact) mass is 1110 g/mol. The van der Waals surface area contributed by atoms with Crippen molar-refractivity contribution in [1.82, 2.24) is 5.32 Å². The van der Waals surface area contributed by atoms with E-state index in [1.54, 1.807) is 6.08 Å². The first kappa shape index (κ1) is 73.9. The Bertz CT molecular complexity index is 1610. The Labute approximate surface area is 483 Å². The van der Waals surface area contributed by atoms with Crippen molar-refractivity contribution in [2.45, 2.75) is 320 Å². The number of aliphatic hydroxyl groups is 5. The molecule has 0 aromatic heterocycles. The Hall–Kier alpha value is -3.16. The van der Waals surface area contributed by atoms with Gasteiger partial charge in [-0.25, -0.2) is 0 Å². The molecule has 8 atom stereocenters. The molecule has 79 heavy (non-hydrogen) atoms. The van der Waals surface area contributed by atoms with E-state index in [4.69, 9.17) is 14.2 Å². The van der Waals surface area contributed by atoms with Crippen molar-refractivity contribution < 1.29 is 49.3 Å². The second-order valence-electron chi connectivity index (χ2n) is 22.2. The number of nitrogens with one attached hydrogen (secondary N) is 1. The van der Waals surface area contributed by atoms with E-state index < -0.39 is 67.4 Å². The molecule has 1 saturated heterocycles. The lowest BCUT2D eigenvalue weighted by Gasteiger charge is -2.41. The molecule has 0 aromatic rings. The van der Waals surface area contributed by atoms with Crippen LogP contribution in [0.3, 0.4) is 0 Å². The van der Waals surface area contributed by atoms with E-state index in [0.29, 0.717) is 12.8 Å². The summed E-state index contributed by atoms with van der Waals surface area (Å²) in [5.41, 5.74) is 0. The summed E-state index contributed by atoms with van der Waals surface area (Å²) in [6.07, 6.45) is 62.2. The van der Waals surface area contributed by atoms with Crippen LogP contribution >= 0.6 is 0 Å². The lowest BCUT2D eigenvalue weighted by molar-refractivity contribution is -0.305. The summed E-state index contributed by atoms with van der Waals surface area (Å²) >= 11 is 0. The number of carbonyl (C=O) groups excluding carboxylic acids is 2. The summed E-state index contributed by atoms with van der Waals surface area (Å²) in [6.45, 7) is 5.59. The SMILES string of the molecule is CC/C=C/C=C/C=C\C=C/CCCCC(O)C(=O)NC(COC1OC(CO)C(O)C(O)C1OC(=O)CCCCCCCCCCCCCCCCCCC/C=C\C/C=C\CCCCC)C(O)/C=C/CCCCCCCCCCC. The molecular weight excluding hydrogens is 991 g/mol. The van der Waals surface area contributed by atoms with Crippen LogP contribution in [0.2, 0.25) is 0 Å². The minimum Gasteiger partial charge on any atom is -0.454 e. The first-order valence-corrected chi connectivity index (χ1v) is 32.4. The number of allylic oxidation sites excluding steroid dienone is 13. The van der Waals surface area contributed by atoms with Crippen LogP contribution in [0.4, 0.5) is 0 Å². The van der Waals surface area contributed by atoms with Gasteiger partial charge in [-0.15, -0.1) is 0 Å². The van der Waals surface area contributed by atoms with Gasteiger partial charge in [-0.3, -0.25) is 9.59 Å². The van der Waals surface area contributed by atoms with Crippen molar-refractivity contribution in [3.8, 4) is 0 Å². The molecule has 1 aliphatic rings. The van der Waals surface area contributed by atoms with Gasteiger partial charge in [0.25, 0.3) is 0 Å². The molecule has 8 unspecified atom stereocenters. The Kier molecular flexibility index (Phi) is 51.8. The molecule has 6 N–H and O–H groups in total. The van der Waals surface area contributed by atoms with E-state index in [1.165, 1.54) is 154 Å². The predicted octanol–water partition coefficient (Wildman–Crippen LogP) is 15.7. The molecule has 11 nitrogen and oxygen atoms in total. The van der Waals surface area contributed by atoms with E-state index in [9.17, 15) is 35.1 Å². The Balaban J connectivity index is 2.54. The van der Waals surface area contributed by atoms with Crippen LogP contribution in [0.1, 0.15) is 271 Å². The highest BCUT2D eigenvalue weighted by Gasteiger charge is 2.47. The lowest BCUT2D eigenvalue weighted by Crippen LogP contribution is -2.61. The molecule has 456 valence electrons. The molecule has 11 heteroatoms. The number of aliphatic hydroxyl groups excluding tert-OH is 5. The van der Waals surface area contributed by atoms with Crippen molar-refractivity contribution in [2.24, 2.45) is 0 Å². The molecule has 1 fully saturated rings. The minimum atomic E-state index is -1.62. The average molecular weight is 1110 g/mol. The summed E-state index contributed by atoms with van der Waals surface area (Å²) in [6, 6.07) is -1.05. The van der Waals surface area contributed by atoms with Crippen LogP contribution in [0.5, 0.6) is 0 Å². The van der Waals surface area contributed by atoms with Crippen LogP contribution in [0, 0.1) is 0 Å². The van der Waals surface area contributed by atoms with Crippen LogP contribution in [-0.2, 0) is 23.8 Å². The minimum absolute atomic E-state index is 0.117. The van der Waals surface area contributed by atoms with Gasteiger partial charge in [-0.1, -0.05) is 273 Å². The zero-order valence-electron chi connectivity index (χ0n) is 50.5. The maximum absolute atomic E-state index is 13.4. The Morgan fingerprint density at radius 2 is 0.962 bits per heavy atom. The summed E-state index contributed by atoms with van der Waals surface area (Å²) in [5, 5.41) is 56.9. The number of amides is 1. The van der Waals surface area contributed by atoms with E-state index in [2.05, 4.69) is 56.5 Å². The van der Waals surface area contributed by atoms with E-state index in [-0.39, 0.29) is 19.4 Å². The molecule has 0 spiro atoms. The van der Waals surface area contributed by atoms with Gasteiger partial charge in [0.1, 0.15) is 24.4 Å². The quantitative estimate of drug-likeness (QED) is 0.0149. The van der Waals surface area contributed by atoms with E-state index >= 15 is 0 Å². The molecule has 1 amide bonds. The van der Waals surface area contributed by atoms with E-state index in [0.717, 1.165) is 70.6 Å². The van der Waals surface area contributed by atoms with Crippen molar-refractivity contribution in [2.75, 3.05) is 13.2 Å². The zero-order chi connectivity index (χ0) is 57.5. The summed E-state index contributed by atoms with van der Waals surface area (Å²) in [5.74, 6) is -1.24. The first-order chi connectivity index (χ1) is 38.7. The highest BCUT2D eigenvalue weighted by Crippen LogP contribution is 2.26. The van der Waals surface area contributed by atoms with Gasteiger partial charge in [0.2, 0.25) is 5.91 Å². The van der Waals surface area contributed by atoms with Gasteiger partial charge in [0.15, 0.2) is 12.4 Å². The smallest absolute Gasteiger partial charge is 0.306 e. The molecule has 0 aliphatic carbocycles. The molecule has 0 radical (unpaired) electrons. The fraction of sp³-hybridized carbons (Fsp3) is 0.765. The van der Waals surface area contributed by atoms with Gasteiger partial charge < -0.3 is 45.1 Å². The third kappa shape index (κ3) is 43.2. The van der Waals surface area contributed by atoms with Crippen LogP contribution in [-0.4, -0.2) is 99.6 Å². The second-order valence-corrected chi connectivity index (χ2v) is 22.2. The van der Waals surface area contributed by atoms with Crippen molar-refractivity contribution in [3.05, 3.63) is 85.1 Å². The van der Waals surface area contributed by atoms with E-state index in [1.807, 2.05) is 48.6 Å². The summed E-state index contributed by atoms with van der Waals surface area (Å²) < 4.78 is 17.6. The van der Waals surface area contributed by atoms with Gasteiger partial charge >= 0.3 is 5.97 Å². The highest BCUT2D eigenvalue weighted by atomic mass is 16.7. The number of rotatable bonds is 54. The standard InChI is InChI=1S/C68H119NO10/c1-4-7-10-13-16-19-22-24-25-26-27-28-29-30-31-32-33-34-35-36-37-38-41-44-47-50-53-56-63(73)79-66-65(75)64(74)62(57-70)78-68(66)77-58-59(60(71)54-51-48-45-42-39-21-18-15-12-9-6-3)69-67(76)61(72)55-52-49-46-43-40-23-20-17-14-11-8-5-2/h8,11,14,16-17,19-20,23-25,40,43,51,54,59-62,64-66,68,70-72,74-75H,4-7,9-10,12-13,15,18,21-22,26-39,41-42,44-50,52-53,55-58H2,1-3H3,(H,69,76)/b11-8+,17-14+,19-16-,23-20-,25-24-,43-40-,54-51+. The predicted molar refractivity (Wildman–Crippen MR) is 329 cm³/mol. The van der Waals surface area contributed by atoms with Gasteiger partial charge in [-0.05, 0) is 77.0 Å². The molecular formula is C68H119NO10. The molecule has 0 saturated carbocycles. The maximum atomic E-state index is 13.4. The number of hydrogen-bond donors (Lipinski definition) is 6. The molecule has 0 bridgehead atoms. The second kappa shape index (κ2) is 55.4. The number of unbranched alkanes of at least 4 members (excludes halogenated alkanes) is 31. The fourth-order valence-corrected chi connectivity index (χ4v) is 9.75. The van der Waals surface area contributed by atoms with Crippen molar-refractivity contribution >= 4 is 11.9 Å². The largest absolute Gasteiger partial charge is 0.454 e. The van der Waals surface area contributed by atoms with Gasteiger partial charge in [-0.2, -0.15) is 0 Å². The number of esters is 1. The molecule has 1 heterocycles. The normalized spacial score (nSPS) is 19.4. The van der Waals surface area contributed by atoms with Crippen LogP contribution in [0.25, 0.3) is 0 Å². The van der Waals surface area contributed by atoms with Crippen LogP contribution < -0.4 is 5.32 Å². The fourth-order valence-electron chi connectivity index (χ4n) is 9.75. The number of carbonyl (C=O) groups is 2. The van der Waals surface area contributed by atoms with Gasteiger partial charge in [0, 0.05) is 6.42 Å². The summed E-state index contributed by atoms with van der Waals surface area (Å²) in [4.78, 5) is 26.5. The van der Waals surface area contributed by atoms with Crippen molar-refractivity contribution in [1.29, 1.82) is 0 Å². The lowest BCUT2D eigenvalue weighted by atomic mass is 9.99. The first-order valence-electron chi connectivity index (χ1n) is 32.4. The molecule has 1 rings (SSSR count). The van der Waals surface area contributed by atoms with Crippen LogP contribution in [0.15, 0.2) is 85.1 Å². The molecule has 0 aromatic carbocycles. The highest BCUT2D eigenvalue weighted by molar-refractivity contribution is 5.80. The molecule has 1 aliphatic heterocycles. The third-order valence-electron chi connectivity index (χ3n) is 14.9. The Morgan fingerprint density at radius 3 is 1.49 bits per heavy atom. The summed E-state index contributed by atoms with van der Waals surface area (Å²) in [7, 11) is 0. The topological polar surface area (TPSA) is 175 Å².